The molecule has 1 aliphatic rings. The van der Waals surface area contributed by atoms with E-state index in [1.54, 1.807) is 0 Å². The predicted octanol–water partition coefficient (Wildman–Crippen LogP) is 2.84. The standard InChI is InChI=1S/C14H19ClN2OS/c1-17(9-10-4-6-18-7-5-10)13-3-2-11(15)8-12(13)14(16)19/h2-3,8,10H,4-7,9H2,1H3,(H2,16,19). The van der Waals surface area contributed by atoms with Gasteiger partial charge in [-0.3, -0.25) is 0 Å². The van der Waals surface area contributed by atoms with E-state index < -0.39 is 0 Å². The summed E-state index contributed by atoms with van der Waals surface area (Å²) >= 11 is 11.1. The van der Waals surface area contributed by atoms with Crippen molar-refractivity contribution in [1.29, 1.82) is 0 Å². The van der Waals surface area contributed by atoms with Crippen LogP contribution in [0.5, 0.6) is 0 Å². The van der Waals surface area contributed by atoms with Crippen LogP contribution in [-0.4, -0.2) is 31.8 Å². The van der Waals surface area contributed by atoms with Gasteiger partial charge in [-0.2, -0.15) is 0 Å². The average Bonchev–Trinajstić information content (AvgIpc) is 2.39. The van der Waals surface area contributed by atoms with Crippen LogP contribution < -0.4 is 10.6 Å². The van der Waals surface area contributed by atoms with Crippen LogP contribution in [0.2, 0.25) is 5.02 Å². The fourth-order valence-corrected chi connectivity index (χ4v) is 2.79. The second-order valence-corrected chi connectivity index (χ2v) is 5.84. The zero-order valence-corrected chi connectivity index (χ0v) is 12.6. The van der Waals surface area contributed by atoms with Crippen molar-refractivity contribution in [3.8, 4) is 0 Å². The monoisotopic (exact) mass is 298 g/mol. The van der Waals surface area contributed by atoms with Crippen molar-refractivity contribution >= 4 is 34.5 Å². The fourth-order valence-electron chi connectivity index (χ4n) is 2.45. The molecule has 0 aromatic heterocycles. The minimum Gasteiger partial charge on any atom is -0.389 e. The van der Waals surface area contributed by atoms with Crippen LogP contribution in [0.3, 0.4) is 0 Å². The molecular formula is C14H19ClN2OS. The third-order valence-electron chi connectivity index (χ3n) is 3.51. The number of ether oxygens (including phenoxy) is 1. The largest absolute Gasteiger partial charge is 0.389 e. The Hall–Kier alpha value is -0.840. The number of hydrogen-bond acceptors (Lipinski definition) is 3. The molecule has 0 aliphatic carbocycles. The first kappa shape index (κ1) is 14.6. The lowest BCUT2D eigenvalue weighted by Gasteiger charge is -2.29. The molecule has 0 unspecified atom stereocenters. The van der Waals surface area contributed by atoms with Crippen molar-refractivity contribution in [3.63, 3.8) is 0 Å². The van der Waals surface area contributed by atoms with E-state index in [-0.39, 0.29) is 0 Å². The normalized spacial score (nSPS) is 16.3. The highest BCUT2D eigenvalue weighted by Crippen LogP contribution is 2.26. The zero-order valence-electron chi connectivity index (χ0n) is 11.1. The Balaban J connectivity index is 2.13. The summed E-state index contributed by atoms with van der Waals surface area (Å²) in [6.07, 6.45) is 2.22. The van der Waals surface area contributed by atoms with Gasteiger partial charge in [0.2, 0.25) is 0 Å². The highest BCUT2D eigenvalue weighted by Gasteiger charge is 2.18. The van der Waals surface area contributed by atoms with E-state index >= 15 is 0 Å². The van der Waals surface area contributed by atoms with Crippen LogP contribution >= 0.6 is 23.8 Å². The average molecular weight is 299 g/mol. The fraction of sp³-hybridized carbons (Fsp3) is 0.500. The van der Waals surface area contributed by atoms with Crippen LogP contribution in [0, 0.1) is 5.92 Å². The first-order chi connectivity index (χ1) is 9.08. The van der Waals surface area contributed by atoms with Gasteiger partial charge >= 0.3 is 0 Å². The number of thiocarbonyl (C=S) groups is 1. The molecule has 0 bridgehead atoms. The van der Waals surface area contributed by atoms with Gasteiger partial charge < -0.3 is 15.4 Å². The molecule has 1 aromatic carbocycles. The van der Waals surface area contributed by atoms with E-state index in [0.717, 1.165) is 43.9 Å². The van der Waals surface area contributed by atoms with Crippen LogP contribution in [-0.2, 0) is 4.74 Å². The summed E-state index contributed by atoms with van der Waals surface area (Å²) < 4.78 is 5.39. The zero-order chi connectivity index (χ0) is 13.8. The van der Waals surface area contributed by atoms with Crippen LogP contribution in [0.4, 0.5) is 5.69 Å². The van der Waals surface area contributed by atoms with Gasteiger partial charge in [0, 0.05) is 43.1 Å². The molecule has 1 fully saturated rings. The molecule has 0 saturated carbocycles. The van der Waals surface area contributed by atoms with Crippen molar-refractivity contribution in [2.75, 3.05) is 31.7 Å². The highest BCUT2D eigenvalue weighted by atomic mass is 35.5. The summed E-state index contributed by atoms with van der Waals surface area (Å²) in [5.41, 5.74) is 7.67. The molecule has 0 amide bonds. The van der Waals surface area contributed by atoms with Crippen molar-refractivity contribution in [1.82, 2.24) is 0 Å². The quantitative estimate of drug-likeness (QED) is 0.868. The van der Waals surface area contributed by atoms with Crippen LogP contribution in [0.25, 0.3) is 0 Å². The maximum atomic E-state index is 6.01. The molecule has 2 rings (SSSR count). The van der Waals surface area contributed by atoms with E-state index in [4.69, 9.17) is 34.3 Å². The summed E-state index contributed by atoms with van der Waals surface area (Å²) in [6.45, 7) is 2.71. The molecule has 3 nitrogen and oxygen atoms in total. The third kappa shape index (κ3) is 3.81. The van der Waals surface area contributed by atoms with Gasteiger partial charge in [-0.05, 0) is 37.0 Å². The molecule has 0 atom stereocenters. The molecule has 1 aromatic rings. The van der Waals surface area contributed by atoms with Crippen molar-refractivity contribution < 1.29 is 4.74 Å². The summed E-state index contributed by atoms with van der Waals surface area (Å²) in [5, 5.41) is 0.658. The Morgan fingerprint density at radius 1 is 1.47 bits per heavy atom. The van der Waals surface area contributed by atoms with Gasteiger partial charge in [-0.1, -0.05) is 23.8 Å². The van der Waals surface area contributed by atoms with Gasteiger partial charge in [0.05, 0.1) is 0 Å². The van der Waals surface area contributed by atoms with Crippen molar-refractivity contribution in [2.45, 2.75) is 12.8 Å². The number of anilines is 1. The SMILES string of the molecule is CN(CC1CCOCC1)c1ccc(Cl)cc1C(N)=S. The summed E-state index contributed by atoms with van der Waals surface area (Å²) in [5.74, 6) is 0.661. The first-order valence-corrected chi connectivity index (χ1v) is 7.25. The minimum absolute atomic E-state index is 0.385. The van der Waals surface area contributed by atoms with Crippen molar-refractivity contribution in [3.05, 3.63) is 28.8 Å². The number of halogens is 1. The number of nitrogens with two attached hydrogens (primary N) is 1. The lowest BCUT2D eigenvalue weighted by Crippen LogP contribution is -2.31. The van der Waals surface area contributed by atoms with Gasteiger partial charge in [-0.25, -0.2) is 0 Å². The third-order valence-corrected chi connectivity index (χ3v) is 3.96. The van der Waals surface area contributed by atoms with Crippen LogP contribution in [0.1, 0.15) is 18.4 Å². The minimum atomic E-state index is 0.385. The molecule has 2 N–H and O–H groups in total. The number of nitrogens with zero attached hydrogens (tertiary/aromatic N) is 1. The molecule has 1 heterocycles. The van der Waals surface area contributed by atoms with E-state index in [1.165, 1.54) is 0 Å². The second kappa shape index (κ2) is 6.55. The number of rotatable bonds is 4. The Morgan fingerprint density at radius 3 is 2.79 bits per heavy atom. The van der Waals surface area contributed by atoms with E-state index in [9.17, 15) is 0 Å². The molecule has 0 radical (unpaired) electrons. The maximum absolute atomic E-state index is 6.01. The van der Waals surface area contributed by atoms with E-state index in [1.807, 2.05) is 18.2 Å². The molecule has 1 aliphatic heterocycles. The topological polar surface area (TPSA) is 38.5 Å². The summed E-state index contributed by atoms with van der Waals surface area (Å²) in [6, 6.07) is 5.69. The van der Waals surface area contributed by atoms with Gasteiger partial charge in [0.1, 0.15) is 4.99 Å². The first-order valence-electron chi connectivity index (χ1n) is 6.46. The summed E-state index contributed by atoms with van der Waals surface area (Å²) in [4.78, 5) is 2.59. The van der Waals surface area contributed by atoms with Crippen LogP contribution in [0.15, 0.2) is 18.2 Å². The Kier molecular flexibility index (Phi) is 5.02. The molecule has 5 heteroatoms. The van der Waals surface area contributed by atoms with Gasteiger partial charge in [0.15, 0.2) is 0 Å². The van der Waals surface area contributed by atoms with E-state index in [2.05, 4.69) is 11.9 Å². The molecule has 1 saturated heterocycles. The van der Waals surface area contributed by atoms with Gasteiger partial charge in [0.25, 0.3) is 0 Å². The molecular weight excluding hydrogens is 280 g/mol. The summed E-state index contributed by atoms with van der Waals surface area (Å²) in [7, 11) is 2.07. The van der Waals surface area contributed by atoms with E-state index in [0.29, 0.717) is 15.9 Å². The Morgan fingerprint density at radius 2 is 2.16 bits per heavy atom. The van der Waals surface area contributed by atoms with Crippen molar-refractivity contribution in [2.24, 2.45) is 11.7 Å². The Labute approximate surface area is 124 Å². The second-order valence-electron chi connectivity index (χ2n) is 4.96. The smallest absolute Gasteiger partial charge is 0.106 e. The van der Waals surface area contributed by atoms with Gasteiger partial charge in [-0.15, -0.1) is 0 Å². The molecule has 0 spiro atoms. The number of hydrogen-bond donors (Lipinski definition) is 1. The Bertz CT molecular complexity index is 461. The highest BCUT2D eigenvalue weighted by molar-refractivity contribution is 7.80. The predicted molar refractivity (Wildman–Crippen MR) is 84.2 cm³/mol. The number of benzene rings is 1. The maximum Gasteiger partial charge on any atom is 0.106 e. The molecule has 19 heavy (non-hydrogen) atoms. The molecule has 104 valence electrons. The lowest BCUT2D eigenvalue weighted by molar-refractivity contribution is 0.0685. The lowest BCUT2D eigenvalue weighted by atomic mass is 9.99.